The van der Waals surface area contributed by atoms with Gasteiger partial charge in [-0.2, -0.15) is 5.10 Å². The normalized spacial score (nSPS) is 14.6. The Kier molecular flexibility index (Phi) is 4.21. The quantitative estimate of drug-likeness (QED) is 0.927. The molecule has 20 heavy (non-hydrogen) atoms. The Hall–Kier alpha value is -1.32. The first kappa shape index (κ1) is 15.1. The number of aliphatic hydroxyl groups is 1. The minimum Gasteiger partial charge on any atom is -0.379 e. The summed E-state index contributed by atoms with van der Waals surface area (Å²) in [6, 6.07) is 8.11. The molecule has 1 heterocycles. The van der Waals surface area contributed by atoms with E-state index in [1.807, 2.05) is 38.1 Å². The Morgan fingerprint density at radius 1 is 1.30 bits per heavy atom. The number of benzene rings is 1. The first-order valence-corrected chi connectivity index (χ1v) is 7.31. The summed E-state index contributed by atoms with van der Waals surface area (Å²) in [5.74, 6) is 0. The number of rotatable bonds is 4. The van der Waals surface area contributed by atoms with E-state index in [0.717, 1.165) is 12.0 Å². The molecule has 2 aromatic rings. The molecule has 0 radical (unpaired) electrons. The monoisotopic (exact) mass is 292 g/mol. The summed E-state index contributed by atoms with van der Waals surface area (Å²) in [7, 11) is 0. The molecule has 1 aromatic heterocycles. The van der Waals surface area contributed by atoms with E-state index in [-0.39, 0.29) is 6.04 Å². The number of halogens is 1. The van der Waals surface area contributed by atoms with E-state index in [9.17, 15) is 5.11 Å². The molecule has 2 rings (SSSR count). The fourth-order valence-electron chi connectivity index (χ4n) is 2.39. The first-order valence-electron chi connectivity index (χ1n) is 6.93. The van der Waals surface area contributed by atoms with E-state index < -0.39 is 5.60 Å². The van der Waals surface area contributed by atoms with Crippen LogP contribution in [0, 0.1) is 0 Å². The van der Waals surface area contributed by atoms with E-state index in [0.29, 0.717) is 10.7 Å². The van der Waals surface area contributed by atoms with Crippen LogP contribution < -0.4 is 0 Å². The zero-order valence-corrected chi connectivity index (χ0v) is 13.1. The number of aryl methyl sites for hydroxylation is 1. The molecular weight excluding hydrogens is 272 g/mol. The fraction of sp³-hybridized carbons (Fsp3) is 0.438. The molecular formula is C16H21ClN2O. The van der Waals surface area contributed by atoms with Gasteiger partial charge in [-0.15, -0.1) is 0 Å². The average Bonchev–Trinajstić information content (AvgIpc) is 2.81. The highest BCUT2D eigenvalue weighted by atomic mass is 35.5. The van der Waals surface area contributed by atoms with E-state index in [4.69, 9.17) is 11.6 Å². The summed E-state index contributed by atoms with van der Waals surface area (Å²) in [4.78, 5) is 0. The Morgan fingerprint density at radius 2 is 1.90 bits per heavy atom. The van der Waals surface area contributed by atoms with Crippen LogP contribution in [-0.4, -0.2) is 14.9 Å². The van der Waals surface area contributed by atoms with E-state index in [2.05, 4.69) is 12.0 Å². The van der Waals surface area contributed by atoms with E-state index >= 15 is 0 Å². The maximum atomic E-state index is 11.0. The van der Waals surface area contributed by atoms with Gasteiger partial charge in [-0.25, -0.2) is 0 Å². The Labute approximate surface area is 125 Å². The summed E-state index contributed by atoms with van der Waals surface area (Å²) in [6.45, 7) is 7.90. The molecule has 0 fully saturated rings. The van der Waals surface area contributed by atoms with Crippen molar-refractivity contribution in [3.63, 3.8) is 0 Å². The molecule has 1 atom stereocenters. The fourth-order valence-corrected chi connectivity index (χ4v) is 2.70. The molecule has 1 aromatic carbocycles. The topological polar surface area (TPSA) is 38.1 Å². The van der Waals surface area contributed by atoms with Gasteiger partial charge in [0.05, 0.1) is 16.9 Å². The predicted molar refractivity (Wildman–Crippen MR) is 82.1 cm³/mol. The van der Waals surface area contributed by atoms with Crippen molar-refractivity contribution in [2.24, 2.45) is 0 Å². The Morgan fingerprint density at radius 3 is 2.40 bits per heavy atom. The predicted octanol–water partition coefficient (Wildman–Crippen LogP) is 3.94. The maximum absolute atomic E-state index is 11.0. The molecule has 0 aliphatic carbocycles. The minimum absolute atomic E-state index is 0.138. The van der Waals surface area contributed by atoms with Crippen molar-refractivity contribution in [1.29, 1.82) is 0 Å². The van der Waals surface area contributed by atoms with Crippen LogP contribution in [0.4, 0.5) is 0 Å². The van der Waals surface area contributed by atoms with Gasteiger partial charge in [-0.05, 0) is 38.3 Å². The molecule has 3 nitrogen and oxygen atoms in total. The van der Waals surface area contributed by atoms with Crippen molar-refractivity contribution in [2.45, 2.75) is 45.8 Å². The van der Waals surface area contributed by atoms with Gasteiger partial charge in [0.15, 0.2) is 0 Å². The Balaban J connectivity index is 2.50. The van der Waals surface area contributed by atoms with Gasteiger partial charge < -0.3 is 5.11 Å². The highest BCUT2D eigenvalue weighted by Gasteiger charge is 2.33. The summed E-state index contributed by atoms with van der Waals surface area (Å²) in [5.41, 5.74) is 1.54. The summed E-state index contributed by atoms with van der Waals surface area (Å²) in [5, 5.41) is 15.7. The first-order chi connectivity index (χ1) is 9.37. The molecule has 1 N–H and O–H groups in total. The van der Waals surface area contributed by atoms with Crippen LogP contribution in [-0.2, 0) is 12.0 Å². The van der Waals surface area contributed by atoms with Gasteiger partial charge in [0.25, 0.3) is 0 Å². The van der Waals surface area contributed by atoms with Crippen molar-refractivity contribution in [1.82, 2.24) is 9.78 Å². The van der Waals surface area contributed by atoms with Gasteiger partial charge in [0, 0.05) is 6.04 Å². The lowest BCUT2D eigenvalue weighted by Gasteiger charge is -2.27. The largest absolute Gasteiger partial charge is 0.379 e. The van der Waals surface area contributed by atoms with Crippen molar-refractivity contribution < 1.29 is 5.11 Å². The second kappa shape index (κ2) is 5.58. The molecule has 108 valence electrons. The molecule has 4 heteroatoms. The SMILES string of the molecule is CCc1ccc(C(C)(O)c2c(Cl)cnn2C(C)C)cc1. The second-order valence-corrected chi connectivity index (χ2v) is 5.91. The maximum Gasteiger partial charge on any atom is 0.130 e. The zero-order valence-electron chi connectivity index (χ0n) is 12.4. The highest BCUT2D eigenvalue weighted by molar-refractivity contribution is 6.31. The van der Waals surface area contributed by atoms with Crippen LogP contribution >= 0.6 is 11.6 Å². The van der Waals surface area contributed by atoms with Crippen LogP contribution in [0.15, 0.2) is 30.5 Å². The summed E-state index contributed by atoms with van der Waals surface area (Å²) >= 11 is 6.24. The molecule has 0 aliphatic heterocycles. The molecule has 0 spiro atoms. The Bertz CT molecular complexity index is 585. The third-order valence-electron chi connectivity index (χ3n) is 3.63. The number of hydrogen-bond acceptors (Lipinski definition) is 2. The molecule has 0 amide bonds. The smallest absolute Gasteiger partial charge is 0.130 e. The van der Waals surface area contributed by atoms with Crippen molar-refractivity contribution in [2.75, 3.05) is 0 Å². The second-order valence-electron chi connectivity index (χ2n) is 5.50. The van der Waals surface area contributed by atoms with Crippen LogP contribution in [0.1, 0.15) is 50.6 Å². The van der Waals surface area contributed by atoms with Crippen LogP contribution in [0.5, 0.6) is 0 Å². The van der Waals surface area contributed by atoms with Gasteiger partial charge in [0.1, 0.15) is 5.60 Å². The third-order valence-corrected chi connectivity index (χ3v) is 3.90. The molecule has 0 aliphatic rings. The van der Waals surface area contributed by atoms with Crippen molar-refractivity contribution >= 4 is 11.6 Å². The summed E-state index contributed by atoms with van der Waals surface area (Å²) in [6.07, 6.45) is 2.57. The average molecular weight is 293 g/mol. The third kappa shape index (κ3) is 2.60. The van der Waals surface area contributed by atoms with E-state index in [1.54, 1.807) is 17.8 Å². The molecule has 0 saturated carbocycles. The number of aromatic nitrogens is 2. The minimum atomic E-state index is -1.16. The van der Waals surface area contributed by atoms with Gasteiger partial charge in [0.2, 0.25) is 0 Å². The van der Waals surface area contributed by atoms with E-state index in [1.165, 1.54) is 5.56 Å². The standard InChI is InChI=1S/C16H21ClN2O/c1-5-12-6-8-13(9-7-12)16(4,20)15-14(17)10-18-19(15)11(2)3/h6-11,20H,5H2,1-4H3. The molecule has 1 unspecified atom stereocenters. The van der Waals surface area contributed by atoms with Gasteiger partial charge in [-0.1, -0.05) is 42.8 Å². The number of nitrogens with zero attached hydrogens (tertiary/aromatic N) is 2. The van der Waals surface area contributed by atoms with Crippen LogP contribution in [0.25, 0.3) is 0 Å². The summed E-state index contributed by atoms with van der Waals surface area (Å²) < 4.78 is 1.77. The molecule has 0 saturated heterocycles. The van der Waals surface area contributed by atoms with Crippen molar-refractivity contribution in [3.05, 3.63) is 52.3 Å². The van der Waals surface area contributed by atoms with Crippen molar-refractivity contribution in [3.8, 4) is 0 Å². The van der Waals surface area contributed by atoms with Crippen LogP contribution in [0.2, 0.25) is 5.02 Å². The van der Waals surface area contributed by atoms with Crippen LogP contribution in [0.3, 0.4) is 0 Å². The van der Waals surface area contributed by atoms with Gasteiger partial charge in [-0.3, -0.25) is 4.68 Å². The lowest BCUT2D eigenvalue weighted by molar-refractivity contribution is 0.0901. The lowest BCUT2D eigenvalue weighted by Crippen LogP contribution is -2.28. The van der Waals surface area contributed by atoms with Gasteiger partial charge >= 0.3 is 0 Å². The molecule has 0 bridgehead atoms. The highest BCUT2D eigenvalue weighted by Crippen LogP contribution is 2.35. The lowest BCUT2D eigenvalue weighted by atomic mass is 9.91. The zero-order chi connectivity index (χ0) is 14.9. The number of hydrogen-bond donors (Lipinski definition) is 1.